The lowest BCUT2D eigenvalue weighted by Gasteiger charge is -2.09. The maximum atomic E-state index is 12.2. The number of amides is 1. The van der Waals surface area contributed by atoms with Crippen molar-refractivity contribution in [2.75, 3.05) is 5.32 Å². The summed E-state index contributed by atoms with van der Waals surface area (Å²) in [6.45, 7) is 1.77. The topological polar surface area (TPSA) is 94.5 Å². The molecule has 3 aromatic rings. The number of anilines is 1. The number of carbonyl (C=O) groups is 1. The molecule has 0 aromatic carbocycles. The summed E-state index contributed by atoms with van der Waals surface area (Å²) < 4.78 is 0. The number of H-pyrrole nitrogens is 1. The number of pyridine rings is 1. The Balaban J connectivity index is 1.71. The van der Waals surface area contributed by atoms with Crippen molar-refractivity contribution in [3.05, 3.63) is 34.3 Å². The zero-order valence-electron chi connectivity index (χ0n) is 11.8. The molecule has 0 unspecified atom stereocenters. The normalized spacial score (nSPS) is 12.0. The highest BCUT2D eigenvalue weighted by Crippen LogP contribution is 2.27. The number of aromatic nitrogens is 3. The number of nitrogens with zero attached hydrogens (tertiary/aromatic N) is 3. The average Bonchev–Trinajstić information content (AvgIpc) is 3.12. The molecule has 0 radical (unpaired) electrons. The van der Waals surface area contributed by atoms with E-state index >= 15 is 0 Å². The number of hydrogen-bond donors (Lipinski definition) is 2. The largest absolute Gasteiger partial charge is 0.331 e. The van der Waals surface area contributed by atoms with Crippen molar-refractivity contribution in [2.24, 2.45) is 0 Å². The first-order valence-corrected chi connectivity index (χ1v) is 8.67. The molecule has 2 N–H and O–H groups in total. The van der Waals surface area contributed by atoms with Crippen molar-refractivity contribution in [2.45, 2.75) is 17.3 Å². The van der Waals surface area contributed by atoms with Gasteiger partial charge in [0, 0.05) is 6.20 Å². The minimum absolute atomic E-state index is 0.194. The second-order valence-corrected chi connectivity index (χ2v) is 7.27. The molecule has 0 bridgehead atoms. The van der Waals surface area contributed by atoms with E-state index in [4.69, 9.17) is 16.9 Å². The minimum Gasteiger partial charge on any atom is -0.331 e. The van der Waals surface area contributed by atoms with E-state index < -0.39 is 0 Å². The van der Waals surface area contributed by atoms with Gasteiger partial charge in [0.25, 0.3) is 0 Å². The summed E-state index contributed by atoms with van der Waals surface area (Å²) in [5, 5.41) is 14.8. The first kappa shape index (κ1) is 15.8. The van der Waals surface area contributed by atoms with Crippen LogP contribution in [0.2, 0.25) is 5.02 Å². The highest BCUT2D eigenvalue weighted by atomic mass is 35.5. The second-order valence-electron chi connectivity index (χ2n) is 4.59. The summed E-state index contributed by atoms with van der Waals surface area (Å²) in [6.07, 6.45) is 1.52. The lowest BCUT2D eigenvalue weighted by Crippen LogP contribution is -2.22. The highest BCUT2D eigenvalue weighted by Gasteiger charge is 2.18. The molecule has 9 heteroatoms. The van der Waals surface area contributed by atoms with Crippen LogP contribution in [0.15, 0.2) is 28.9 Å². The van der Waals surface area contributed by atoms with Crippen molar-refractivity contribution in [1.29, 1.82) is 5.26 Å². The number of fused-ring (bicyclic) bond motifs is 1. The van der Waals surface area contributed by atoms with Crippen molar-refractivity contribution in [3.8, 4) is 6.07 Å². The zero-order valence-corrected chi connectivity index (χ0v) is 14.2. The van der Waals surface area contributed by atoms with Crippen LogP contribution < -0.4 is 5.32 Å². The number of carbonyl (C=O) groups excluding carboxylic acids is 1. The SMILES string of the molecule is C[C@H](Sc1nc2ncc(Cl)cc2[nH]1)C(=O)Nc1sccc1C#N. The summed E-state index contributed by atoms with van der Waals surface area (Å²) >= 11 is 8.48. The van der Waals surface area contributed by atoms with E-state index in [2.05, 4.69) is 20.3 Å². The van der Waals surface area contributed by atoms with Gasteiger partial charge in [-0.15, -0.1) is 11.3 Å². The smallest absolute Gasteiger partial charge is 0.238 e. The lowest BCUT2D eigenvalue weighted by atomic mass is 10.3. The Labute approximate surface area is 144 Å². The van der Waals surface area contributed by atoms with E-state index in [-0.39, 0.29) is 11.2 Å². The fourth-order valence-corrected chi connectivity index (χ4v) is 3.54. The van der Waals surface area contributed by atoms with Gasteiger partial charge in [-0.3, -0.25) is 4.79 Å². The molecule has 0 aliphatic rings. The predicted molar refractivity (Wildman–Crippen MR) is 91.9 cm³/mol. The number of imidazole rings is 1. The number of aromatic amines is 1. The molecule has 0 aliphatic heterocycles. The average molecular weight is 364 g/mol. The molecule has 23 heavy (non-hydrogen) atoms. The first-order chi connectivity index (χ1) is 11.1. The number of nitriles is 1. The van der Waals surface area contributed by atoms with E-state index in [1.54, 1.807) is 24.4 Å². The third-order valence-electron chi connectivity index (χ3n) is 2.96. The van der Waals surface area contributed by atoms with Crippen LogP contribution in [-0.4, -0.2) is 26.1 Å². The maximum absolute atomic E-state index is 12.2. The van der Waals surface area contributed by atoms with E-state index in [1.165, 1.54) is 29.3 Å². The molecule has 3 rings (SSSR count). The monoisotopic (exact) mass is 363 g/mol. The Morgan fingerprint density at radius 3 is 3.22 bits per heavy atom. The molecular weight excluding hydrogens is 354 g/mol. The third kappa shape index (κ3) is 3.47. The molecule has 3 aromatic heterocycles. The van der Waals surface area contributed by atoms with Crippen LogP contribution in [0.3, 0.4) is 0 Å². The fourth-order valence-electron chi connectivity index (χ4n) is 1.84. The van der Waals surface area contributed by atoms with Gasteiger partial charge in [0.2, 0.25) is 5.91 Å². The summed E-state index contributed by atoms with van der Waals surface area (Å²) in [5.41, 5.74) is 1.73. The van der Waals surface area contributed by atoms with E-state index in [0.29, 0.717) is 26.4 Å². The quantitative estimate of drug-likeness (QED) is 0.690. The van der Waals surface area contributed by atoms with E-state index in [1.807, 2.05) is 6.07 Å². The molecule has 6 nitrogen and oxygen atoms in total. The molecule has 3 heterocycles. The van der Waals surface area contributed by atoms with Gasteiger partial charge in [0.1, 0.15) is 11.1 Å². The molecule has 1 atom stereocenters. The van der Waals surface area contributed by atoms with Gasteiger partial charge >= 0.3 is 0 Å². The molecule has 0 saturated heterocycles. The van der Waals surface area contributed by atoms with Crippen molar-refractivity contribution in [1.82, 2.24) is 15.0 Å². The zero-order chi connectivity index (χ0) is 16.4. The van der Waals surface area contributed by atoms with Crippen molar-refractivity contribution < 1.29 is 4.79 Å². The second kappa shape index (κ2) is 6.58. The Morgan fingerprint density at radius 1 is 1.61 bits per heavy atom. The Morgan fingerprint density at radius 2 is 2.43 bits per heavy atom. The number of halogens is 1. The molecule has 1 amide bonds. The minimum atomic E-state index is -0.389. The van der Waals surface area contributed by atoms with Crippen LogP contribution in [0.4, 0.5) is 5.00 Å². The van der Waals surface area contributed by atoms with Gasteiger partial charge < -0.3 is 10.3 Å². The van der Waals surface area contributed by atoms with Gasteiger partial charge in [0.15, 0.2) is 10.8 Å². The molecule has 0 spiro atoms. The van der Waals surface area contributed by atoms with Gasteiger partial charge in [-0.2, -0.15) is 5.26 Å². The Kier molecular flexibility index (Phi) is 4.52. The molecule has 116 valence electrons. The number of thiophene rings is 1. The number of hydrogen-bond acceptors (Lipinski definition) is 6. The van der Waals surface area contributed by atoms with Gasteiger partial charge in [-0.1, -0.05) is 23.4 Å². The molecule has 0 aliphatic carbocycles. The Bertz CT molecular complexity index is 913. The Hall–Kier alpha value is -2.08. The van der Waals surface area contributed by atoms with Gasteiger partial charge in [0.05, 0.1) is 21.4 Å². The molecular formula is C14H10ClN5OS2. The summed E-state index contributed by atoms with van der Waals surface area (Å²) in [7, 11) is 0. The standard InChI is InChI=1S/C14H10ClN5OS2/c1-7(12(21)20-13-8(5-16)2-3-22-13)23-14-18-10-4-9(15)6-17-11(10)19-14/h2-4,6-7H,1H3,(H,20,21)(H,17,18,19)/t7-/m0/s1. The predicted octanol–water partition coefficient (Wildman–Crippen LogP) is 3.66. The lowest BCUT2D eigenvalue weighted by molar-refractivity contribution is -0.115. The molecule has 0 saturated carbocycles. The van der Waals surface area contributed by atoms with Crippen LogP contribution in [0.5, 0.6) is 0 Å². The van der Waals surface area contributed by atoms with Crippen LogP contribution >= 0.6 is 34.7 Å². The number of rotatable bonds is 4. The van der Waals surface area contributed by atoms with Gasteiger partial charge in [-0.25, -0.2) is 9.97 Å². The van der Waals surface area contributed by atoms with Gasteiger partial charge in [-0.05, 0) is 24.4 Å². The van der Waals surface area contributed by atoms with Crippen molar-refractivity contribution >= 4 is 56.8 Å². The maximum Gasteiger partial charge on any atom is 0.238 e. The third-order valence-corrected chi connectivity index (χ3v) is 4.98. The molecule has 0 fully saturated rings. The number of nitrogens with one attached hydrogen (secondary N) is 2. The van der Waals surface area contributed by atoms with Crippen molar-refractivity contribution in [3.63, 3.8) is 0 Å². The summed E-state index contributed by atoms with van der Waals surface area (Å²) in [4.78, 5) is 23.7. The summed E-state index contributed by atoms with van der Waals surface area (Å²) in [5.74, 6) is -0.194. The van der Waals surface area contributed by atoms with Crippen LogP contribution in [0, 0.1) is 11.3 Å². The van der Waals surface area contributed by atoms with Crippen LogP contribution in [0.1, 0.15) is 12.5 Å². The fraction of sp³-hybridized carbons (Fsp3) is 0.143. The first-order valence-electron chi connectivity index (χ1n) is 6.53. The van der Waals surface area contributed by atoms with Crippen LogP contribution in [-0.2, 0) is 4.79 Å². The van der Waals surface area contributed by atoms with E-state index in [0.717, 1.165) is 5.52 Å². The summed E-state index contributed by atoms with van der Waals surface area (Å²) in [6, 6.07) is 5.45. The highest BCUT2D eigenvalue weighted by molar-refractivity contribution is 8.00. The number of thioether (sulfide) groups is 1. The van der Waals surface area contributed by atoms with Crippen LogP contribution in [0.25, 0.3) is 11.2 Å². The van der Waals surface area contributed by atoms with E-state index in [9.17, 15) is 4.79 Å².